The van der Waals surface area contributed by atoms with E-state index in [2.05, 4.69) is 0 Å². The molecule has 0 bridgehead atoms. The lowest BCUT2D eigenvalue weighted by atomic mass is 10.2. The minimum atomic E-state index is -0.582. The van der Waals surface area contributed by atoms with E-state index in [1.165, 1.54) is 12.1 Å². The molecule has 5 heteroatoms. The van der Waals surface area contributed by atoms with Gasteiger partial charge in [0.25, 0.3) is 0 Å². The summed E-state index contributed by atoms with van der Waals surface area (Å²) in [5, 5.41) is 9.52. The maximum Gasteiger partial charge on any atom is 0.341 e. The normalized spacial score (nSPS) is 10.1. The van der Waals surface area contributed by atoms with Crippen molar-refractivity contribution in [1.29, 1.82) is 0 Å². The number of aromatic hydroxyl groups is 1. The smallest absolute Gasteiger partial charge is 0.341 e. The average molecular weight is 225 g/mol. The average Bonchev–Trinajstić information content (AvgIpc) is 2.28. The highest BCUT2D eigenvalue weighted by molar-refractivity contribution is 5.94. The maximum atomic E-state index is 11.5. The topological polar surface area (TPSA) is 81.8 Å². The van der Waals surface area contributed by atoms with Gasteiger partial charge in [0.05, 0.1) is 12.3 Å². The predicted molar refractivity (Wildman–Crippen MR) is 59.3 cm³/mol. The van der Waals surface area contributed by atoms with Gasteiger partial charge in [-0.1, -0.05) is 6.07 Å². The number of nitrogen functional groups attached to an aromatic ring is 1. The number of ether oxygens (including phenoxy) is 2. The number of nitrogens with two attached hydrogens (primary N) is 1. The van der Waals surface area contributed by atoms with Crippen LogP contribution >= 0.6 is 0 Å². The first-order valence-corrected chi connectivity index (χ1v) is 4.90. The van der Waals surface area contributed by atoms with Gasteiger partial charge < -0.3 is 20.3 Å². The van der Waals surface area contributed by atoms with Crippen molar-refractivity contribution in [2.24, 2.45) is 0 Å². The second kappa shape index (κ2) is 5.97. The van der Waals surface area contributed by atoms with E-state index in [9.17, 15) is 9.90 Å². The van der Waals surface area contributed by atoms with E-state index in [0.717, 1.165) is 0 Å². The zero-order chi connectivity index (χ0) is 12.0. The number of hydrogen-bond acceptors (Lipinski definition) is 5. The highest BCUT2D eigenvalue weighted by Gasteiger charge is 2.13. The lowest BCUT2D eigenvalue weighted by Crippen LogP contribution is -2.08. The van der Waals surface area contributed by atoms with Crippen LogP contribution in [0.15, 0.2) is 18.2 Å². The molecule has 0 aliphatic heterocycles. The highest BCUT2D eigenvalue weighted by Crippen LogP contribution is 2.24. The summed E-state index contributed by atoms with van der Waals surface area (Å²) in [4.78, 5) is 11.5. The number of hydrogen-bond donors (Lipinski definition) is 2. The minimum absolute atomic E-state index is 0.0809. The van der Waals surface area contributed by atoms with Crippen LogP contribution in [0.25, 0.3) is 0 Å². The predicted octanol–water partition coefficient (Wildman–Crippen LogP) is 1.17. The number of methoxy groups -OCH3 is 1. The maximum absolute atomic E-state index is 11.5. The first-order chi connectivity index (χ1) is 7.66. The zero-order valence-corrected chi connectivity index (χ0v) is 9.10. The third-order valence-corrected chi connectivity index (χ3v) is 2.01. The van der Waals surface area contributed by atoms with Gasteiger partial charge in [-0.25, -0.2) is 4.79 Å². The van der Waals surface area contributed by atoms with Crippen molar-refractivity contribution < 1.29 is 19.4 Å². The summed E-state index contributed by atoms with van der Waals surface area (Å²) in [6.45, 7) is 0.775. The van der Waals surface area contributed by atoms with Gasteiger partial charge in [-0.15, -0.1) is 0 Å². The van der Waals surface area contributed by atoms with Crippen LogP contribution in [0, 0.1) is 0 Å². The first-order valence-electron chi connectivity index (χ1n) is 4.90. The van der Waals surface area contributed by atoms with Gasteiger partial charge >= 0.3 is 5.97 Å². The lowest BCUT2D eigenvalue weighted by molar-refractivity contribution is 0.0465. The van der Waals surface area contributed by atoms with Crippen LogP contribution in [0.1, 0.15) is 16.8 Å². The Morgan fingerprint density at radius 2 is 2.19 bits per heavy atom. The standard InChI is InChI=1S/C11H15NO4/c1-15-6-3-7-16-11(14)8-4-2-5-9(12)10(8)13/h2,4-5,13H,3,6-7,12H2,1H3. The Hall–Kier alpha value is -1.75. The molecule has 0 aliphatic carbocycles. The van der Waals surface area contributed by atoms with E-state index in [1.807, 2.05) is 0 Å². The van der Waals surface area contributed by atoms with Crippen LogP contribution in [0.3, 0.4) is 0 Å². The molecule has 1 aromatic carbocycles. The number of carbonyl (C=O) groups excluding carboxylic acids is 1. The van der Waals surface area contributed by atoms with Crippen LogP contribution in [0.2, 0.25) is 0 Å². The second-order valence-electron chi connectivity index (χ2n) is 3.23. The number of carbonyl (C=O) groups is 1. The Kier molecular flexibility index (Phi) is 4.60. The minimum Gasteiger partial charge on any atom is -0.505 e. The van der Waals surface area contributed by atoms with Gasteiger partial charge in [0.2, 0.25) is 0 Å². The van der Waals surface area contributed by atoms with Gasteiger partial charge in [0.15, 0.2) is 5.75 Å². The lowest BCUT2D eigenvalue weighted by Gasteiger charge is -2.07. The molecule has 88 valence electrons. The molecule has 0 radical (unpaired) electrons. The van der Waals surface area contributed by atoms with Crippen LogP contribution in [-0.2, 0) is 9.47 Å². The van der Waals surface area contributed by atoms with E-state index in [-0.39, 0.29) is 23.6 Å². The number of esters is 1. The molecule has 0 fully saturated rings. The van der Waals surface area contributed by atoms with E-state index in [1.54, 1.807) is 13.2 Å². The van der Waals surface area contributed by atoms with Gasteiger partial charge in [-0.05, 0) is 12.1 Å². The van der Waals surface area contributed by atoms with Gasteiger partial charge in [-0.2, -0.15) is 0 Å². The Bertz CT molecular complexity index is 365. The number of phenols is 1. The molecule has 0 aliphatic rings. The zero-order valence-electron chi connectivity index (χ0n) is 9.10. The molecule has 5 nitrogen and oxygen atoms in total. The van der Waals surface area contributed by atoms with Crippen molar-refractivity contribution >= 4 is 11.7 Å². The molecular weight excluding hydrogens is 210 g/mol. The summed E-state index contributed by atoms with van der Waals surface area (Å²) in [5.41, 5.74) is 5.70. The Balaban J connectivity index is 2.56. The number of anilines is 1. The monoisotopic (exact) mass is 225 g/mol. The van der Waals surface area contributed by atoms with Crippen molar-refractivity contribution in [3.05, 3.63) is 23.8 Å². The van der Waals surface area contributed by atoms with Crippen molar-refractivity contribution in [3.63, 3.8) is 0 Å². The fraction of sp³-hybridized carbons (Fsp3) is 0.364. The molecule has 1 rings (SSSR count). The summed E-state index contributed by atoms with van der Waals surface area (Å²) in [6, 6.07) is 4.56. The summed E-state index contributed by atoms with van der Waals surface area (Å²) >= 11 is 0. The van der Waals surface area contributed by atoms with Gasteiger partial charge in [-0.3, -0.25) is 0 Å². The second-order valence-corrected chi connectivity index (χ2v) is 3.23. The van der Waals surface area contributed by atoms with Crippen LogP contribution < -0.4 is 5.73 Å². The van der Waals surface area contributed by atoms with Gasteiger partial charge in [0.1, 0.15) is 5.56 Å². The molecule has 0 saturated carbocycles. The molecule has 0 unspecified atom stereocenters. The molecule has 1 aromatic rings. The molecule has 0 spiro atoms. The third-order valence-electron chi connectivity index (χ3n) is 2.01. The van der Waals surface area contributed by atoms with Crippen LogP contribution in [-0.4, -0.2) is 31.4 Å². The summed E-state index contributed by atoms with van der Waals surface area (Å²) < 4.78 is 9.74. The largest absolute Gasteiger partial charge is 0.505 e. The molecule has 0 amide bonds. The van der Waals surface area contributed by atoms with Crippen LogP contribution in [0.5, 0.6) is 5.75 Å². The van der Waals surface area contributed by atoms with E-state index >= 15 is 0 Å². The van der Waals surface area contributed by atoms with Crippen molar-refractivity contribution in [3.8, 4) is 5.75 Å². The molecule has 0 heterocycles. The summed E-state index contributed by atoms with van der Waals surface area (Å²) in [7, 11) is 1.57. The number of para-hydroxylation sites is 1. The number of rotatable bonds is 5. The van der Waals surface area contributed by atoms with Crippen molar-refractivity contribution in [1.82, 2.24) is 0 Å². The van der Waals surface area contributed by atoms with E-state index < -0.39 is 5.97 Å². The van der Waals surface area contributed by atoms with Gasteiger partial charge in [0, 0.05) is 20.1 Å². The summed E-state index contributed by atoms with van der Waals surface area (Å²) in [5.74, 6) is -0.819. The fourth-order valence-electron chi connectivity index (χ4n) is 1.17. The molecule has 16 heavy (non-hydrogen) atoms. The molecule has 0 atom stereocenters. The third kappa shape index (κ3) is 3.13. The first kappa shape index (κ1) is 12.3. The Morgan fingerprint density at radius 1 is 1.44 bits per heavy atom. The van der Waals surface area contributed by atoms with Crippen molar-refractivity contribution in [2.45, 2.75) is 6.42 Å². The highest BCUT2D eigenvalue weighted by atomic mass is 16.5. The SMILES string of the molecule is COCCCOC(=O)c1cccc(N)c1O. The Labute approximate surface area is 93.8 Å². The molecule has 0 aromatic heterocycles. The van der Waals surface area contributed by atoms with Crippen molar-refractivity contribution in [2.75, 3.05) is 26.1 Å². The quantitative estimate of drug-likeness (QED) is 0.340. The van der Waals surface area contributed by atoms with E-state index in [0.29, 0.717) is 13.0 Å². The number of benzene rings is 1. The molecule has 0 saturated heterocycles. The Morgan fingerprint density at radius 3 is 2.88 bits per heavy atom. The molecule has 3 N–H and O–H groups in total. The molecular formula is C11H15NO4. The summed E-state index contributed by atoms with van der Waals surface area (Å²) in [6.07, 6.45) is 0.616. The number of phenolic OH excluding ortho intramolecular Hbond substituents is 1. The fourth-order valence-corrected chi connectivity index (χ4v) is 1.17. The van der Waals surface area contributed by atoms with Crippen LogP contribution in [0.4, 0.5) is 5.69 Å². The van der Waals surface area contributed by atoms with E-state index in [4.69, 9.17) is 15.2 Å².